The zero-order valence-corrected chi connectivity index (χ0v) is 42.6. The predicted molar refractivity (Wildman–Crippen MR) is 272 cm³/mol. The summed E-state index contributed by atoms with van der Waals surface area (Å²) in [4.78, 5) is 37.1. The number of allylic oxidation sites excluding steroid dienone is 12. The van der Waals surface area contributed by atoms with Crippen molar-refractivity contribution in [3.63, 3.8) is 0 Å². The molecule has 0 aliphatic rings. The van der Waals surface area contributed by atoms with Gasteiger partial charge in [0, 0.05) is 19.3 Å². The number of carbonyl (C=O) groups excluding carboxylic acids is 3. The molecule has 0 heterocycles. The van der Waals surface area contributed by atoms with Gasteiger partial charge >= 0.3 is 11.9 Å². The van der Waals surface area contributed by atoms with Gasteiger partial charge in [-0.25, -0.2) is 0 Å². The van der Waals surface area contributed by atoms with Crippen LogP contribution in [0.15, 0.2) is 72.9 Å². The Balaban J connectivity index is 4.25. The fraction of sp³-hybridized carbons (Fsp3) is 0.737. The smallest absolute Gasteiger partial charge is 0.306 e. The lowest BCUT2D eigenvalue weighted by atomic mass is 10.1. The number of likely N-dealkylation sites (N-methyl/N-ethyl adjacent to an activating group) is 1. The number of hydrogen-bond acceptors (Lipinski definition) is 7. The SMILES string of the molecule is CC/C=C/C/C=C/C/C=C/C/C=C/CCCCCCCCCCCCC(=O)OCC(COCCC(C(=O)[O-])[N+](C)(C)C)OC(=O)CCCCCCC/C=C/C=C/CCCCCCCCC. The van der Waals surface area contributed by atoms with Crippen molar-refractivity contribution < 1.29 is 38.2 Å². The van der Waals surface area contributed by atoms with E-state index < -0.39 is 18.1 Å². The molecule has 0 saturated carbocycles. The number of carbonyl (C=O) groups is 3. The monoisotopic (exact) mass is 910 g/mol. The zero-order valence-electron chi connectivity index (χ0n) is 42.6. The van der Waals surface area contributed by atoms with Gasteiger partial charge in [0.15, 0.2) is 6.10 Å². The average molecular weight is 910 g/mol. The molecule has 0 aromatic heterocycles. The fourth-order valence-electron chi connectivity index (χ4n) is 7.52. The van der Waals surface area contributed by atoms with Gasteiger partial charge in [0.1, 0.15) is 12.6 Å². The molecule has 0 aromatic carbocycles. The van der Waals surface area contributed by atoms with Crippen molar-refractivity contribution in [1.29, 1.82) is 0 Å². The van der Waals surface area contributed by atoms with E-state index in [-0.39, 0.29) is 42.7 Å². The lowest BCUT2D eigenvalue weighted by Crippen LogP contribution is -2.55. The molecule has 2 atom stereocenters. The molecule has 0 aliphatic carbocycles. The summed E-state index contributed by atoms with van der Waals surface area (Å²) in [5.74, 6) is -1.76. The van der Waals surface area contributed by atoms with E-state index >= 15 is 0 Å². The Morgan fingerprint density at radius 1 is 0.492 bits per heavy atom. The van der Waals surface area contributed by atoms with E-state index in [1.807, 2.05) is 0 Å². The van der Waals surface area contributed by atoms with E-state index in [9.17, 15) is 19.5 Å². The van der Waals surface area contributed by atoms with Crippen LogP contribution >= 0.6 is 0 Å². The standard InChI is InChI=1S/C57H99NO7/c1-6-8-10-12-14-16-18-20-22-24-26-27-28-29-30-32-33-35-37-39-41-43-45-47-55(59)64-52-53(51-63-50-49-54(57(61)62)58(3,4)5)65-56(60)48-46-44-42-40-38-36-34-31-25-23-21-19-17-15-13-11-9-7-2/h8,10,14,16,20,22-23,25-27,31,34,53-54H,6-7,9,11-13,15,17-19,21,24,28-30,32-33,35-52H2,1-5H3/b10-8+,16-14+,22-20+,25-23+,27-26+,34-31+. The van der Waals surface area contributed by atoms with Crippen molar-refractivity contribution in [3.05, 3.63) is 72.9 Å². The van der Waals surface area contributed by atoms with E-state index in [0.717, 1.165) is 89.9 Å². The Morgan fingerprint density at radius 3 is 1.37 bits per heavy atom. The van der Waals surface area contributed by atoms with Gasteiger partial charge in [-0.1, -0.05) is 196 Å². The first-order valence-corrected chi connectivity index (χ1v) is 26.5. The highest BCUT2D eigenvalue weighted by Crippen LogP contribution is 2.15. The highest BCUT2D eigenvalue weighted by molar-refractivity contribution is 5.70. The van der Waals surface area contributed by atoms with Crippen LogP contribution in [0, 0.1) is 0 Å². The van der Waals surface area contributed by atoms with Crippen LogP contribution in [0.4, 0.5) is 0 Å². The third-order valence-electron chi connectivity index (χ3n) is 11.6. The second kappa shape index (κ2) is 47.3. The van der Waals surface area contributed by atoms with Crippen molar-refractivity contribution >= 4 is 17.9 Å². The molecule has 0 aromatic rings. The van der Waals surface area contributed by atoms with Crippen LogP contribution in [0.1, 0.15) is 219 Å². The van der Waals surface area contributed by atoms with Gasteiger partial charge in [0.2, 0.25) is 0 Å². The number of hydrogen-bond donors (Lipinski definition) is 0. The molecule has 0 aliphatic heterocycles. The Hall–Kier alpha value is -3.23. The number of ether oxygens (including phenoxy) is 3. The number of nitrogens with zero attached hydrogens (tertiary/aromatic N) is 1. The summed E-state index contributed by atoms with van der Waals surface area (Å²) in [6, 6.07) is -0.733. The summed E-state index contributed by atoms with van der Waals surface area (Å²) >= 11 is 0. The lowest BCUT2D eigenvalue weighted by molar-refractivity contribution is -0.889. The molecule has 0 N–H and O–H groups in total. The maximum absolute atomic E-state index is 12.8. The number of carboxylic acids is 1. The third-order valence-corrected chi connectivity index (χ3v) is 11.6. The molecule has 0 spiro atoms. The highest BCUT2D eigenvalue weighted by atomic mass is 16.6. The first kappa shape index (κ1) is 61.8. The largest absolute Gasteiger partial charge is 0.544 e. The molecule has 0 radical (unpaired) electrons. The summed E-state index contributed by atoms with van der Waals surface area (Å²) in [6.07, 6.45) is 60.7. The maximum Gasteiger partial charge on any atom is 0.306 e. The van der Waals surface area contributed by atoms with Crippen molar-refractivity contribution in [2.75, 3.05) is 41.0 Å². The first-order chi connectivity index (χ1) is 31.6. The average Bonchev–Trinajstić information content (AvgIpc) is 3.27. The predicted octanol–water partition coefficient (Wildman–Crippen LogP) is 14.1. The summed E-state index contributed by atoms with van der Waals surface area (Å²) in [5, 5.41) is 11.7. The van der Waals surface area contributed by atoms with Gasteiger partial charge < -0.3 is 28.6 Å². The maximum atomic E-state index is 12.8. The molecular formula is C57H99NO7. The van der Waals surface area contributed by atoms with Gasteiger partial charge in [0.25, 0.3) is 0 Å². The zero-order chi connectivity index (χ0) is 47.7. The van der Waals surface area contributed by atoms with Crippen LogP contribution in [0.3, 0.4) is 0 Å². The van der Waals surface area contributed by atoms with Crippen LogP contribution in [-0.2, 0) is 28.6 Å². The van der Waals surface area contributed by atoms with Crippen LogP contribution < -0.4 is 5.11 Å². The van der Waals surface area contributed by atoms with E-state index in [2.05, 4.69) is 86.8 Å². The van der Waals surface area contributed by atoms with Gasteiger partial charge in [-0.05, 0) is 77.0 Å². The third kappa shape index (κ3) is 45.7. The Kier molecular flexibility index (Phi) is 44.9. The number of quaternary nitrogens is 1. The molecular weight excluding hydrogens is 811 g/mol. The minimum Gasteiger partial charge on any atom is -0.544 e. The minimum atomic E-state index is -1.13. The van der Waals surface area contributed by atoms with Crippen molar-refractivity contribution in [2.24, 2.45) is 0 Å². The van der Waals surface area contributed by atoms with E-state index in [1.54, 1.807) is 21.1 Å². The second-order valence-corrected chi connectivity index (χ2v) is 18.8. The van der Waals surface area contributed by atoms with Crippen molar-refractivity contribution in [1.82, 2.24) is 0 Å². The first-order valence-electron chi connectivity index (χ1n) is 26.5. The summed E-state index contributed by atoms with van der Waals surface area (Å²) in [7, 11) is 5.41. The molecule has 374 valence electrons. The Morgan fingerprint density at radius 2 is 0.908 bits per heavy atom. The second-order valence-electron chi connectivity index (χ2n) is 18.8. The van der Waals surface area contributed by atoms with Crippen LogP contribution in [0.2, 0.25) is 0 Å². The normalized spacial score (nSPS) is 13.4. The fourth-order valence-corrected chi connectivity index (χ4v) is 7.52. The summed E-state index contributed by atoms with van der Waals surface area (Å²) in [6.45, 7) is 4.54. The number of carboxylic acid groups (broad SMARTS) is 1. The Bertz CT molecular complexity index is 1290. The lowest BCUT2D eigenvalue weighted by Gasteiger charge is -2.34. The quantitative estimate of drug-likeness (QED) is 0.0197. The Labute approximate surface area is 400 Å². The molecule has 0 saturated heterocycles. The van der Waals surface area contributed by atoms with Crippen molar-refractivity contribution in [2.45, 2.75) is 231 Å². The molecule has 8 heteroatoms. The van der Waals surface area contributed by atoms with E-state index in [0.29, 0.717) is 12.8 Å². The van der Waals surface area contributed by atoms with Crippen LogP contribution in [0.25, 0.3) is 0 Å². The number of unbranched alkanes of at least 4 members (excludes halogenated alkanes) is 22. The topological polar surface area (TPSA) is 102 Å². The van der Waals surface area contributed by atoms with Crippen molar-refractivity contribution in [3.8, 4) is 0 Å². The molecule has 0 bridgehead atoms. The highest BCUT2D eigenvalue weighted by Gasteiger charge is 2.25. The van der Waals surface area contributed by atoms with E-state index in [1.165, 1.54) is 96.3 Å². The molecule has 0 fully saturated rings. The van der Waals surface area contributed by atoms with Gasteiger partial charge in [-0.15, -0.1) is 0 Å². The molecule has 65 heavy (non-hydrogen) atoms. The molecule has 8 nitrogen and oxygen atoms in total. The van der Waals surface area contributed by atoms with Gasteiger partial charge in [-0.3, -0.25) is 9.59 Å². The van der Waals surface area contributed by atoms with E-state index in [4.69, 9.17) is 14.2 Å². The summed E-state index contributed by atoms with van der Waals surface area (Å²) < 4.78 is 17.2. The minimum absolute atomic E-state index is 0.0308. The number of esters is 2. The molecule has 0 rings (SSSR count). The summed E-state index contributed by atoms with van der Waals surface area (Å²) in [5.41, 5.74) is 0. The molecule has 2 unspecified atom stereocenters. The number of rotatable bonds is 47. The molecule has 0 amide bonds. The van der Waals surface area contributed by atoms with Crippen LogP contribution in [0.5, 0.6) is 0 Å². The van der Waals surface area contributed by atoms with Gasteiger partial charge in [-0.2, -0.15) is 0 Å². The number of aliphatic carboxylic acids is 1. The van der Waals surface area contributed by atoms with Crippen LogP contribution in [-0.4, -0.2) is 75.5 Å². The van der Waals surface area contributed by atoms with Gasteiger partial charge in [0.05, 0.1) is 40.3 Å².